The van der Waals surface area contributed by atoms with Gasteiger partial charge in [0.25, 0.3) is 0 Å². The summed E-state index contributed by atoms with van der Waals surface area (Å²) in [4.78, 5) is 118. The lowest BCUT2D eigenvalue weighted by Crippen LogP contribution is -2.62. The fraction of sp³-hybridized carbons (Fsp3) is 0.689. The molecule has 1 aromatic carbocycles. The first-order chi connectivity index (χ1) is 29.1. The number of aliphatic hydroxyl groups excluding tert-OH is 1. The van der Waals surface area contributed by atoms with Gasteiger partial charge in [-0.05, 0) is 68.8 Å². The summed E-state index contributed by atoms with van der Waals surface area (Å²) in [5.41, 5.74) is 0.740. The summed E-state index contributed by atoms with van der Waals surface area (Å²) >= 11 is 0. The zero-order chi connectivity index (χ0) is 46.4. The summed E-state index contributed by atoms with van der Waals surface area (Å²) in [5.74, 6) is -5.61. The summed E-state index contributed by atoms with van der Waals surface area (Å²) in [7, 11) is 4.33. The quantitative estimate of drug-likeness (QED) is 0.228. The Hall–Kier alpha value is -5.06. The normalized spacial score (nSPS) is 25.5. The predicted octanol–water partition coefficient (Wildman–Crippen LogP) is 1.22. The van der Waals surface area contributed by atoms with Gasteiger partial charge >= 0.3 is 0 Å². The van der Waals surface area contributed by atoms with Crippen molar-refractivity contribution in [1.82, 2.24) is 40.9 Å². The molecule has 62 heavy (non-hydrogen) atoms. The molecule has 0 aromatic heterocycles. The van der Waals surface area contributed by atoms with E-state index in [2.05, 4.69) is 21.3 Å². The second kappa shape index (κ2) is 24.0. The smallest absolute Gasteiger partial charge is 0.245 e. The van der Waals surface area contributed by atoms with Crippen molar-refractivity contribution in [3.63, 3.8) is 0 Å². The minimum atomic E-state index is -1.55. The zero-order valence-electron chi connectivity index (χ0n) is 38.4. The van der Waals surface area contributed by atoms with Crippen LogP contribution in [0.1, 0.15) is 99.0 Å². The van der Waals surface area contributed by atoms with Crippen LogP contribution in [-0.2, 0) is 44.8 Å². The molecule has 17 nitrogen and oxygen atoms in total. The molecule has 2 aliphatic heterocycles. The van der Waals surface area contributed by atoms with E-state index in [0.717, 1.165) is 24.8 Å². The molecule has 3 rings (SSSR count). The number of carbonyl (C=O) groups excluding carboxylic acids is 8. The van der Waals surface area contributed by atoms with Gasteiger partial charge in [-0.3, -0.25) is 38.4 Å². The van der Waals surface area contributed by atoms with Gasteiger partial charge in [-0.15, -0.1) is 0 Å². The number of benzene rings is 1. The van der Waals surface area contributed by atoms with Gasteiger partial charge in [-0.2, -0.15) is 0 Å². The first-order valence-electron chi connectivity index (χ1n) is 22.1. The van der Waals surface area contributed by atoms with Gasteiger partial charge in [-0.25, -0.2) is 0 Å². The maximum atomic E-state index is 14.5. The van der Waals surface area contributed by atoms with E-state index >= 15 is 0 Å². The lowest BCUT2D eigenvalue weighted by Gasteiger charge is -2.35. The van der Waals surface area contributed by atoms with Gasteiger partial charge < -0.3 is 46.0 Å². The highest BCUT2D eigenvalue weighted by molar-refractivity contribution is 5.98. The number of hydrogen-bond acceptors (Lipinski definition) is 9. The van der Waals surface area contributed by atoms with Crippen molar-refractivity contribution in [2.45, 2.75) is 142 Å². The topological polar surface area (TPSA) is 218 Å². The van der Waals surface area contributed by atoms with Crippen LogP contribution in [0.4, 0.5) is 0 Å². The van der Waals surface area contributed by atoms with Crippen LogP contribution < -0.4 is 21.3 Å². The van der Waals surface area contributed by atoms with Crippen molar-refractivity contribution in [3.8, 4) is 0 Å². The number of aliphatic hydroxyl groups is 1. The summed E-state index contributed by atoms with van der Waals surface area (Å²) in [6.45, 7) is 12.8. The van der Waals surface area contributed by atoms with Crippen molar-refractivity contribution in [2.24, 2.45) is 17.8 Å². The van der Waals surface area contributed by atoms with Crippen LogP contribution in [-0.4, -0.2) is 155 Å². The molecule has 346 valence electrons. The molecular formula is C45H72N8O9. The van der Waals surface area contributed by atoms with Gasteiger partial charge in [0.05, 0.1) is 19.1 Å². The molecule has 0 bridgehead atoms. The molecule has 0 unspecified atom stereocenters. The maximum absolute atomic E-state index is 14.5. The first-order valence-corrected chi connectivity index (χ1v) is 22.1. The summed E-state index contributed by atoms with van der Waals surface area (Å²) < 4.78 is 0. The van der Waals surface area contributed by atoms with Gasteiger partial charge in [0.15, 0.2) is 0 Å². The molecule has 2 fully saturated rings. The molecule has 8 amide bonds. The first kappa shape index (κ1) is 51.3. The second-order valence-corrected chi connectivity index (χ2v) is 18.3. The molecule has 7 atom stereocenters. The largest absolute Gasteiger partial charge is 0.391 e. The van der Waals surface area contributed by atoms with E-state index in [4.69, 9.17) is 0 Å². The Bertz CT molecular complexity index is 1720. The highest BCUT2D eigenvalue weighted by atomic mass is 16.3. The standard InChI is InChI=1S/C45H72N8O9/c1-27(2)21-32-40(57)48-34(44(61)53-19-15-12-16-20-53)25-37(55)46-33(22-28(3)4)43(60)52(10)36(24-31-17-13-11-14-18-31)45(62)50(8)26-38(56)51(9)35(23-29(5)6)41(58)49-39(30(7)54)42(59)47-32/h11,13-14,17-18,27-30,32-36,39,54H,12,15-16,19-26H2,1-10H3,(H,46,55)(H,47,59)(H,48,57)(H,49,58)/t30-,32+,33+,34+,35+,36+,39+/m1/s1. The summed E-state index contributed by atoms with van der Waals surface area (Å²) in [6.07, 6.45) is 0.989. The average molecular weight is 869 g/mol. The number of piperidine rings is 1. The third-order valence-corrected chi connectivity index (χ3v) is 11.4. The molecule has 1 aromatic rings. The zero-order valence-corrected chi connectivity index (χ0v) is 38.4. The molecule has 5 N–H and O–H groups in total. The molecule has 2 heterocycles. The van der Waals surface area contributed by atoms with Crippen LogP contribution in [0.2, 0.25) is 0 Å². The van der Waals surface area contributed by atoms with Gasteiger partial charge in [0.1, 0.15) is 36.3 Å². The van der Waals surface area contributed by atoms with Crippen LogP contribution >= 0.6 is 0 Å². The minimum Gasteiger partial charge on any atom is -0.391 e. The van der Waals surface area contributed by atoms with E-state index in [1.165, 1.54) is 42.8 Å². The maximum Gasteiger partial charge on any atom is 0.245 e. The Balaban J connectivity index is 2.18. The van der Waals surface area contributed by atoms with Crippen LogP contribution in [0, 0.1) is 17.8 Å². The van der Waals surface area contributed by atoms with Crippen LogP contribution in [0.3, 0.4) is 0 Å². The lowest BCUT2D eigenvalue weighted by atomic mass is 9.98. The monoisotopic (exact) mass is 869 g/mol. The van der Waals surface area contributed by atoms with Gasteiger partial charge in [-0.1, -0.05) is 71.9 Å². The van der Waals surface area contributed by atoms with Crippen molar-refractivity contribution in [1.29, 1.82) is 0 Å². The van der Waals surface area contributed by atoms with E-state index in [1.54, 1.807) is 17.0 Å². The molecule has 17 heteroatoms. The number of carbonyl (C=O) groups is 8. The van der Waals surface area contributed by atoms with E-state index in [0.29, 0.717) is 13.1 Å². The number of likely N-dealkylation sites (tertiary alicyclic amines) is 1. The van der Waals surface area contributed by atoms with E-state index in [9.17, 15) is 43.5 Å². The van der Waals surface area contributed by atoms with E-state index < -0.39 is 103 Å². The fourth-order valence-corrected chi connectivity index (χ4v) is 7.89. The van der Waals surface area contributed by atoms with E-state index in [1.807, 2.05) is 59.7 Å². The molecule has 0 spiro atoms. The van der Waals surface area contributed by atoms with Crippen molar-refractivity contribution in [2.75, 3.05) is 40.8 Å². The Kier molecular flexibility index (Phi) is 19.8. The number of amides is 8. The number of nitrogens with one attached hydrogen (secondary N) is 4. The molecule has 2 saturated heterocycles. The predicted molar refractivity (Wildman–Crippen MR) is 234 cm³/mol. The Morgan fingerprint density at radius 2 is 1.24 bits per heavy atom. The van der Waals surface area contributed by atoms with Crippen LogP contribution in [0.25, 0.3) is 0 Å². The number of likely N-dealkylation sites (N-methyl/N-ethyl adjacent to an activating group) is 3. The molecule has 0 aliphatic carbocycles. The third kappa shape index (κ3) is 15.1. The molecule has 0 radical (unpaired) electrons. The van der Waals surface area contributed by atoms with Crippen LogP contribution in [0.15, 0.2) is 30.3 Å². The van der Waals surface area contributed by atoms with Crippen molar-refractivity contribution < 1.29 is 43.5 Å². The third-order valence-electron chi connectivity index (χ3n) is 11.4. The van der Waals surface area contributed by atoms with Gasteiger partial charge in [0.2, 0.25) is 47.3 Å². The average Bonchev–Trinajstić information content (AvgIpc) is 3.21. The minimum absolute atomic E-state index is 0.0792. The molecule has 2 aliphatic rings. The Morgan fingerprint density at radius 3 is 1.81 bits per heavy atom. The number of hydrogen-bond donors (Lipinski definition) is 5. The Labute approximate surface area is 367 Å². The second-order valence-electron chi connectivity index (χ2n) is 18.3. The molecule has 0 saturated carbocycles. The fourth-order valence-electron chi connectivity index (χ4n) is 7.89. The summed E-state index contributed by atoms with van der Waals surface area (Å²) in [6, 6.07) is 1.53. The SMILES string of the molecule is CC(C)C[C@@H]1NC(=O)[C@H]([C@@H](C)O)NC(=O)[C@H](CC(C)C)N(C)C(=O)CN(C)C(=O)[C@H](Cc2ccccc2)N(C)C(=O)[C@H](CC(C)C)NC(=O)C[C@@H](C(=O)N2CCCCC2)NC1=O. The van der Waals surface area contributed by atoms with Crippen LogP contribution in [0.5, 0.6) is 0 Å². The Morgan fingerprint density at radius 1 is 0.661 bits per heavy atom. The highest BCUT2D eigenvalue weighted by Crippen LogP contribution is 2.19. The van der Waals surface area contributed by atoms with Crippen molar-refractivity contribution >= 4 is 47.3 Å². The molecular weight excluding hydrogens is 797 g/mol. The number of nitrogens with zero attached hydrogens (tertiary/aromatic N) is 4. The summed E-state index contributed by atoms with van der Waals surface area (Å²) in [5, 5.41) is 21.6. The highest BCUT2D eigenvalue weighted by Gasteiger charge is 2.39. The van der Waals surface area contributed by atoms with Gasteiger partial charge in [0, 0.05) is 40.7 Å². The lowest BCUT2D eigenvalue weighted by molar-refractivity contribution is -0.149. The van der Waals surface area contributed by atoms with Crippen molar-refractivity contribution in [3.05, 3.63) is 35.9 Å². The van der Waals surface area contributed by atoms with E-state index in [-0.39, 0.29) is 43.4 Å². The number of rotatable bonds is 10.